The van der Waals surface area contributed by atoms with Crippen molar-refractivity contribution in [3.8, 4) is 0 Å². The monoisotopic (exact) mass is 309 g/mol. The van der Waals surface area contributed by atoms with Crippen LogP contribution in [0.1, 0.15) is 24.9 Å². The van der Waals surface area contributed by atoms with Crippen molar-refractivity contribution < 1.29 is 4.74 Å². The Balaban J connectivity index is 1.67. The fraction of sp³-hybridized carbons (Fsp3) is 0.625. The van der Waals surface area contributed by atoms with Gasteiger partial charge in [-0.2, -0.15) is 0 Å². The highest BCUT2D eigenvalue weighted by Gasteiger charge is 2.29. The van der Waals surface area contributed by atoms with Gasteiger partial charge in [0.25, 0.3) is 0 Å². The number of anilines is 1. The maximum Gasteiger partial charge on any atom is 0.0594 e. The van der Waals surface area contributed by atoms with Crippen LogP contribution in [0.3, 0.4) is 0 Å². The second kappa shape index (κ2) is 6.53. The minimum atomic E-state index is -0.0220. The Labute approximate surface area is 131 Å². The van der Waals surface area contributed by atoms with E-state index in [2.05, 4.69) is 28.0 Å². The molecule has 0 radical (unpaired) electrons. The molecule has 116 valence electrons. The van der Waals surface area contributed by atoms with Crippen molar-refractivity contribution >= 4 is 17.3 Å². The molecule has 0 aliphatic carbocycles. The van der Waals surface area contributed by atoms with Crippen molar-refractivity contribution in [2.24, 2.45) is 5.73 Å². The molecular weight excluding hydrogens is 286 g/mol. The number of morpholine rings is 1. The van der Waals surface area contributed by atoms with Crippen LogP contribution in [0.5, 0.6) is 0 Å². The van der Waals surface area contributed by atoms with Crippen molar-refractivity contribution in [1.29, 1.82) is 0 Å². The van der Waals surface area contributed by atoms with Crippen molar-refractivity contribution in [3.05, 3.63) is 28.8 Å². The average Bonchev–Trinajstić information content (AvgIpc) is 2.97. The van der Waals surface area contributed by atoms with Gasteiger partial charge < -0.3 is 15.4 Å². The number of nitrogens with two attached hydrogens (primary N) is 1. The van der Waals surface area contributed by atoms with Gasteiger partial charge in [0, 0.05) is 49.0 Å². The summed E-state index contributed by atoms with van der Waals surface area (Å²) in [5, 5.41) is 0.775. The SMILES string of the molecule is CC(N)c1ccc(N2CCC(N3CCOCC3)C2)cc1Cl. The number of hydrogen-bond acceptors (Lipinski definition) is 4. The Hall–Kier alpha value is -0.810. The first kappa shape index (κ1) is 15.1. The summed E-state index contributed by atoms with van der Waals surface area (Å²) in [6.45, 7) is 7.98. The van der Waals surface area contributed by atoms with Crippen molar-refractivity contribution in [1.82, 2.24) is 4.90 Å². The first-order valence-corrected chi connectivity index (χ1v) is 8.14. The Morgan fingerprint density at radius 1 is 1.29 bits per heavy atom. The molecule has 0 saturated carbocycles. The van der Waals surface area contributed by atoms with Gasteiger partial charge in [0.05, 0.1) is 13.2 Å². The van der Waals surface area contributed by atoms with Gasteiger partial charge in [0.15, 0.2) is 0 Å². The largest absolute Gasteiger partial charge is 0.379 e. The van der Waals surface area contributed by atoms with Gasteiger partial charge in [-0.05, 0) is 31.0 Å². The number of rotatable bonds is 3. The molecule has 0 amide bonds. The fourth-order valence-electron chi connectivity index (χ4n) is 3.30. The highest BCUT2D eigenvalue weighted by molar-refractivity contribution is 6.31. The van der Waals surface area contributed by atoms with Gasteiger partial charge in [-0.15, -0.1) is 0 Å². The van der Waals surface area contributed by atoms with E-state index in [0.717, 1.165) is 50.0 Å². The molecule has 0 spiro atoms. The summed E-state index contributed by atoms with van der Waals surface area (Å²) in [4.78, 5) is 4.98. The van der Waals surface area contributed by atoms with Crippen LogP contribution in [0, 0.1) is 0 Å². The maximum absolute atomic E-state index is 6.35. The molecule has 1 aromatic rings. The number of benzene rings is 1. The number of ether oxygens (including phenoxy) is 1. The molecular formula is C16H24ClN3O. The fourth-order valence-corrected chi connectivity index (χ4v) is 3.65. The molecule has 2 saturated heterocycles. The lowest BCUT2D eigenvalue weighted by Gasteiger charge is -2.32. The highest BCUT2D eigenvalue weighted by Crippen LogP contribution is 2.29. The topological polar surface area (TPSA) is 41.7 Å². The second-order valence-corrected chi connectivity index (χ2v) is 6.44. The van der Waals surface area contributed by atoms with Crippen LogP contribution in [-0.2, 0) is 4.74 Å². The number of nitrogens with zero attached hydrogens (tertiary/aromatic N) is 2. The Bertz CT molecular complexity index is 488. The Morgan fingerprint density at radius 2 is 2.05 bits per heavy atom. The summed E-state index contributed by atoms with van der Waals surface area (Å²) in [6.07, 6.45) is 1.21. The van der Waals surface area contributed by atoms with E-state index in [4.69, 9.17) is 22.1 Å². The van der Waals surface area contributed by atoms with Crippen LogP contribution in [0.15, 0.2) is 18.2 Å². The summed E-state index contributed by atoms with van der Waals surface area (Å²) in [5.74, 6) is 0. The molecule has 0 aromatic heterocycles. The van der Waals surface area contributed by atoms with Gasteiger partial charge in [0.2, 0.25) is 0 Å². The van der Waals surface area contributed by atoms with E-state index in [1.807, 2.05) is 6.92 Å². The van der Waals surface area contributed by atoms with E-state index in [1.54, 1.807) is 0 Å². The van der Waals surface area contributed by atoms with Gasteiger partial charge in [-0.3, -0.25) is 4.90 Å². The summed E-state index contributed by atoms with van der Waals surface area (Å²) in [6, 6.07) is 6.88. The number of hydrogen-bond donors (Lipinski definition) is 1. The van der Waals surface area contributed by atoms with E-state index in [9.17, 15) is 0 Å². The first-order chi connectivity index (χ1) is 10.1. The van der Waals surface area contributed by atoms with Crippen LogP contribution in [0.2, 0.25) is 5.02 Å². The van der Waals surface area contributed by atoms with E-state index >= 15 is 0 Å². The molecule has 2 unspecified atom stereocenters. The first-order valence-electron chi connectivity index (χ1n) is 7.77. The van der Waals surface area contributed by atoms with Gasteiger partial charge >= 0.3 is 0 Å². The van der Waals surface area contributed by atoms with Gasteiger partial charge in [-0.25, -0.2) is 0 Å². The summed E-state index contributed by atoms with van der Waals surface area (Å²) >= 11 is 6.35. The van der Waals surface area contributed by atoms with Crippen LogP contribution in [0.4, 0.5) is 5.69 Å². The molecule has 0 bridgehead atoms. The zero-order chi connectivity index (χ0) is 14.8. The molecule has 2 aliphatic rings. The van der Waals surface area contributed by atoms with Crippen LogP contribution in [0.25, 0.3) is 0 Å². The third-order valence-electron chi connectivity index (χ3n) is 4.57. The second-order valence-electron chi connectivity index (χ2n) is 6.03. The van der Waals surface area contributed by atoms with Gasteiger partial charge in [-0.1, -0.05) is 17.7 Å². The predicted octanol–water partition coefficient (Wildman–Crippen LogP) is 2.27. The van der Waals surface area contributed by atoms with Crippen LogP contribution in [-0.4, -0.2) is 50.3 Å². The zero-order valence-electron chi connectivity index (χ0n) is 12.6. The van der Waals surface area contributed by atoms with Crippen LogP contribution >= 0.6 is 11.6 Å². The minimum Gasteiger partial charge on any atom is -0.379 e. The normalized spacial score (nSPS) is 25.3. The lowest BCUT2D eigenvalue weighted by Crippen LogP contribution is -2.44. The average molecular weight is 310 g/mol. The number of halogens is 1. The quantitative estimate of drug-likeness (QED) is 0.930. The highest BCUT2D eigenvalue weighted by atomic mass is 35.5. The molecule has 3 rings (SSSR count). The van der Waals surface area contributed by atoms with E-state index in [-0.39, 0.29) is 6.04 Å². The molecule has 2 N–H and O–H groups in total. The van der Waals surface area contributed by atoms with Crippen molar-refractivity contribution in [3.63, 3.8) is 0 Å². The molecule has 1 aromatic carbocycles. The molecule has 2 atom stereocenters. The Morgan fingerprint density at radius 3 is 2.71 bits per heavy atom. The summed E-state index contributed by atoms with van der Waals surface area (Å²) in [7, 11) is 0. The van der Waals surface area contributed by atoms with Crippen LogP contribution < -0.4 is 10.6 Å². The molecule has 2 heterocycles. The lowest BCUT2D eigenvalue weighted by molar-refractivity contribution is 0.0209. The van der Waals surface area contributed by atoms with E-state index in [1.165, 1.54) is 12.1 Å². The third-order valence-corrected chi connectivity index (χ3v) is 4.89. The maximum atomic E-state index is 6.35. The van der Waals surface area contributed by atoms with Gasteiger partial charge in [0.1, 0.15) is 0 Å². The zero-order valence-corrected chi connectivity index (χ0v) is 13.4. The third kappa shape index (κ3) is 3.34. The summed E-state index contributed by atoms with van der Waals surface area (Å²) < 4.78 is 5.44. The predicted molar refractivity (Wildman–Crippen MR) is 87.1 cm³/mol. The van der Waals surface area contributed by atoms with E-state index in [0.29, 0.717) is 6.04 Å². The molecule has 2 fully saturated rings. The standard InChI is InChI=1S/C16H24ClN3O/c1-12(18)15-3-2-13(10-16(15)17)20-5-4-14(11-20)19-6-8-21-9-7-19/h2-3,10,12,14H,4-9,11,18H2,1H3. The summed E-state index contributed by atoms with van der Waals surface area (Å²) in [5.41, 5.74) is 8.15. The molecule has 2 aliphatic heterocycles. The Kier molecular flexibility index (Phi) is 4.69. The molecule has 5 heteroatoms. The van der Waals surface area contributed by atoms with E-state index < -0.39 is 0 Å². The smallest absolute Gasteiger partial charge is 0.0594 e. The molecule has 4 nitrogen and oxygen atoms in total. The van der Waals surface area contributed by atoms with Crippen molar-refractivity contribution in [2.75, 3.05) is 44.3 Å². The van der Waals surface area contributed by atoms with Crippen molar-refractivity contribution in [2.45, 2.75) is 25.4 Å². The molecule has 21 heavy (non-hydrogen) atoms. The lowest BCUT2D eigenvalue weighted by atomic mass is 10.1. The minimum absolute atomic E-state index is 0.0220.